The van der Waals surface area contributed by atoms with Crippen molar-refractivity contribution in [1.29, 1.82) is 0 Å². The zero-order valence-electron chi connectivity index (χ0n) is 17.5. The normalized spacial score (nSPS) is 16.2. The van der Waals surface area contributed by atoms with Gasteiger partial charge in [0.2, 0.25) is 5.91 Å². The summed E-state index contributed by atoms with van der Waals surface area (Å²) in [7, 11) is 1.68. The van der Waals surface area contributed by atoms with Crippen LogP contribution in [-0.4, -0.2) is 37.1 Å². The summed E-state index contributed by atoms with van der Waals surface area (Å²) in [5, 5.41) is 6.03. The average Bonchev–Trinajstić information content (AvgIpc) is 3.22. The van der Waals surface area contributed by atoms with Gasteiger partial charge in [-0.05, 0) is 42.7 Å². The molecule has 0 spiro atoms. The van der Waals surface area contributed by atoms with Crippen LogP contribution in [0.15, 0.2) is 53.9 Å². The minimum atomic E-state index is -0.243. The summed E-state index contributed by atoms with van der Waals surface area (Å²) in [4.78, 5) is 19.5. The van der Waals surface area contributed by atoms with Gasteiger partial charge in [-0.25, -0.2) is 9.37 Å². The van der Waals surface area contributed by atoms with Crippen molar-refractivity contribution in [2.45, 2.75) is 31.7 Å². The molecule has 0 saturated carbocycles. The average molecular weight is 440 g/mol. The second kappa shape index (κ2) is 9.92. The number of rotatable bonds is 7. The molecular weight excluding hydrogens is 413 g/mol. The fourth-order valence-corrected chi connectivity index (χ4v) is 4.76. The monoisotopic (exact) mass is 439 g/mol. The van der Waals surface area contributed by atoms with Gasteiger partial charge < -0.3 is 15.0 Å². The van der Waals surface area contributed by atoms with Crippen LogP contribution in [0.1, 0.15) is 29.1 Å². The zero-order chi connectivity index (χ0) is 21.6. The first-order chi connectivity index (χ1) is 15.1. The Kier molecular flexibility index (Phi) is 6.82. The van der Waals surface area contributed by atoms with Crippen molar-refractivity contribution < 1.29 is 13.9 Å². The Hall–Kier alpha value is -2.93. The molecule has 2 heterocycles. The van der Waals surface area contributed by atoms with Gasteiger partial charge in [0.1, 0.15) is 11.6 Å². The van der Waals surface area contributed by atoms with Gasteiger partial charge in [-0.1, -0.05) is 24.3 Å². The van der Waals surface area contributed by atoms with E-state index in [0.29, 0.717) is 6.42 Å². The summed E-state index contributed by atoms with van der Waals surface area (Å²) >= 11 is 1.53. The van der Waals surface area contributed by atoms with Gasteiger partial charge in [0.25, 0.3) is 0 Å². The number of thiazole rings is 1. The third kappa shape index (κ3) is 5.61. The number of nitrogens with zero attached hydrogens (tertiary/aromatic N) is 2. The Morgan fingerprint density at radius 2 is 2.06 bits per heavy atom. The molecule has 5 nitrogen and oxygen atoms in total. The van der Waals surface area contributed by atoms with Crippen LogP contribution in [0.2, 0.25) is 0 Å². The van der Waals surface area contributed by atoms with Crippen LogP contribution >= 0.6 is 11.3 Å². The van der Waals surface area contributed by atoms with Crippen LogP contribution in [-0.2, 0) is 17.6 Å². The quantitative estimate of drug-likeness (QED) is 0.599. The van der Waals surface area contributed by atoms with Crippen molar-refractivity contribution in [1.82, 2.24) is 10.3 Å². The van der Waals surface area contributed by atoms with Crippen molar-refractivity contribution in [3.8, 4) is 5.75 Å². The first-order valence-electron chi connectivity index (χ1n) is 10.5. The van der Waals surface area contributed by atoms with Gasteiger partial charge in [-0.15, -0.1) is 11.3 Å². The molecule has 3 aromatic rings. The number of para-hydroxylation sites is 2. The van der Waals surface area contributed by atoms with Gasteiger partial charge in [0.15, 0.2) is 0 Å². The molecule has 1 aliphatic rings. The van der Waals surface area contributed by atoms with E-state index < -0.39 is 0 Å². The highest BCUT2D eigenvalue weighted by atomic mass is 32.1. The number of anilines is 1. The maximum atomic E-state index is 13.1. The third-order valence-corrected chi connectivity index (χ3v) is 6.32. The van der Waals surface area contributed by atoms with Gasteiger partial charge in [0, 0.05) is 30.9 Å². The minimum absolute atomic E-state index is 0.00879. The number of ether oxygens (including phenoxy) is 1. The van der Waals surface area contributed by atoms with Crippen LogP contribution < -0.4 is 15.0 Å². The predicted octanol–water partition coefficient (Wildman–Crippen LogP) is 4.21. The summed E-state index contributed by atoms with van der Waals surface area (Å²) in [5.41, 5.74) is 2.84. The molecule has 2 aromatic carbocycles. The number of carbonyl (C=O) groups excluding carboxylic acids is 1. The smallest absolute Gasteiger partial charge is 0.226 e. The Labute approximate surface area is 185 Å². The van der Waals surface area contributed by atoms with Gasteiger partial charge in [-0.2, -0.15) is 0 Å². The van der Waals surface area contributed by atoms with Crippen molar-refractivity contribution in [3.63, 3.8) is 0 Å². The molecule has 31 heavy (non-hydrogen) atoms. The van der Waals surface area contributed by atoms with Crippen LogP contribution in [0.3, 0.4) is 0 Å². The number of piperidine rings is 1. The number of aromatic nitrogens is 1. The fraction of sp³-hybridized carbons (Fsp3) is 0.333. The number of nitrogens with one attached hydrogen (secondary N) is 1. The molecular formula is C24H26FN3O2S. The lowest BCUT2D eigenvalue weighted by Crippen LogP contribution is -2.48. The number of benzene rings is 2. The Bertz CT molecular complexity index is 1020. The molecule has 0 bridgehead atoms. The van der Waals surface area contributed by atoms with E-state index in [9.17, 15) is 9.18 Å². The lowest BCUT2D eigenvalue weighted by Gasteiger charge is -2.35. The number of halogens is 1. The largest absolute Gasteiger partial charge is 0.495 e. The van der Waals surface area contributed by atoms with Gasteiger partial charge >= 0.3 is 0 Å². The Morgan fingerprint density at radius 3 is 2.87 bits per heavy atom. The van der Waals surface area contributed by atoms with Crippen LogP contribution in [0, 0.1) is 5.82 Å². The van der Waals surface area contributed by atoms with Gasteiger partial charge in [-0.3, -0.25) is 4.79 Å². The summed E-state index contributed by atoms with van der Waals surface area (Å²) < 4.78 is 18.5. The molecule has 1 aromatic heterocycles. The Morgan fingerprint density at radius 1 is 1.26 bits per heavy atom. The molecule has 0 aliphatic carbocycles. The van der Waals surface area contributed by atoms with Crippen LogP contribution in [0.5, 0.6) is 5.75 Å². The minimum Gasteiger partial charge on any atom is -0.495 e. The topological polar surface area (TPSA) is 54.5 Å². The molecule has 1 N–H and O–H groups in total. The molecule has 1 unspecified atom stereocenters. The summed E-state index contributed by atoms with van der Waals surface area (Å²) in [5.74, 6) is 0.600. The van der Waals surface area contributed by atoms with E-state index in [1.807, 2.05) is 23.6 Å². The molecule has 162 valence electrons. The molecule has 7 heteroatoms. The van der Waals surface area contributed by atoms with E-state index in [1.54, 1.807) is 19.2 Å². The number of carbonyl (C=O) groups is 1. The van der Waals surface area contributed by atoms with E-state index in [1.165, 1.54) is 23.5 Å². The highest BCUT2D eigenvalue weighted by Gasteiger charge is 2.23. The fourth-order valence-electron chi connectivity index (χ4n) is 3.94. The molecule has 1 atom stereocenters. The zero-order valence-corrected chi connectivity index (χ0v) is 18.3. The second-order valence-corrected chi connectivity index (χ2v) is 8.68. The van der Waals surface area contributed by atoms with E-state index in [0.717, 1.165) is 53.6 Å². The second-order valence-electron chi connectivity index (χ2n) is 7.74. The SMILES string of the molecule is COc1ccccc1N1CCCC(NC(=O)Cc2csc(Cc3ccc(F)cc3)n2)C1. The van der Waals surface area contributed by atoms with E-state index >= 15 is 0 Å². The van der Waals surface area contributed by atoms with Crippen molar-refractivity contribution >= 4 is 22.9 Å². The molecule has 1 saturated heterocycles. The first kappa shape index (κ1) is 21.3. The molecule has 4 rings (SSSR count). The molecule has 1 fully saturated rings. The highest BCUT2D eigenvalue weighted by molar-refractivity contribution is 7.09. The van der Waals surface area contributed by atoms with E-state index in [4.69, 9.17) is 4.74 Å². The number of methoxy groups -OCH3 is 1. The first-order valence-corrected chi connectivity index (χ1v) is 11.3. The number of amides is 1. The molecule has 1 aliphatic heterocycles. The van der Waals surface area contributed by atoms with E-state index in [-0.39, 0.29) is 24.2 Å². The maximum absolute atomic E-state index is 13.1. The molecule has 1 amide bonds. The van der Waals surface area contributed by atoms with Crippen molar-refractivity contribution in [2.75, 3.05) is 25.1 Å². The van der Waals surface area contributed by atoms with Crippen LogP contribution in [0.4, 0.5) is 10.1 Å². The summed E-state index contributed by atoms with van der Waals surface area (Å²) in [6.45, 7) is 1.71. The Balaban J connectivity index is 1.31. The highest BCUT2D eigenvalue weighted by Crippen LogP contribution is 2.29. The predicted molar refractivity (Wildman–Crippen MR) is 121 cm³/mol. The standard InChI is InChI=1S/C24H26FN3O2S/c1-30-22-7-3-2-6-21(22)28-12-4-5-19(15-28)26-23(29)14-20-16-31-24(27-20)13-17-8-10-18(25)11-9-17/h2-3,6-11,16,19H,4-5,12-15H2,1H3,(H,26,29). The van der Waals surface area contributed by atoms with E-state index in [2.05, 4.69) is 21.3 Å². The lowest BCUT2D eigenvalue weighted by atomic mass is 10.0. The number of hydrogen-bond acceptors (Lipinski definition) is 5. The van der Waals surface area contributed by atoms with Crippen molar-refractivity contribution in [3.05, 3.63) is 76.0 Å². The molecule has 0 radical (unpaired) electrons. The van der Waals surface area contributed by atoms with Gasteiger partial charge in [0.05, 0.1) is 29.9 Å². The van der Waals surface area contributed by atoms with Crippen molar-refractivity contribution in [2.24, 2.45) is 0 Å². The summed E-state index contributed by atoms with van der Waals surface area (Å²) in [6.07, 6.45) is 2.89. The lowest BCUT2D eigenvalue weighted by molar-refractivity contribution is -0.121. The van der Waals surface area contributed by atoms with Crippen LogP contribution in [0.25, 0.3) is 0 Å². The third-order valence-electron chi connectivity index (χ3n) is 5.42. The number of hydrogen-bond donors (Lipinski definition) is 1. The summed E-state index contributed by atoms with van der Waals surface area (Å²) in [6, 6.07) is 14.5. The maximum Gasteiger partial charge on any atom is 0.226 e.